The fourth-order valence-electron chi connectivity index (χ4n) is 1.85. The molecule has 5 nitrogen and oxygen atoms in total. The lowest BCUT2D eigenvalue weighted by Gasteiger charge is -2.30. The Bertz CT molecular complexity index is 307. The SMILES string of the molecule is CCCCOC(=O)C(C)(C)CC(C)(Br)C(=O)OCCOC. The minimum absolute atomic E-state index is 0.192. The Kier molecular flexibility index (Phi) is 9.13. The van der Waals surface area contributed by atoms with Crippen molar-refractivity contribution in [1.82, 2.24) is 0 Å². The zero-order chi connectivity index (χ0) is 16.5. The zero-order valence-electron chi connectivity index (χ0n) is 13.7. The summed E-state index contributed by atoms with van der Waals surface area (Å²) in [6, 6.07) is 0. The largest absolute Gasteiger partial charge is 0.465 e. The van der Waals surface area contributed by atoms with Gasteiger partial charge in [-0.2, -0.15) is 0 Å². The number of carbonyl (C=O) groups excluding carboxylic acids is 2. The highest BCUT2D eigenvalue weighted by molar-refractivity contribution is 9.10. The first-order valence-corrected chi connectivity index (χ1v) is 7.99. The number of hydrogen-bond acceptors (Lipinski definition) is 5. The lowest BCUT2D eigenvalue weighted by Crippen LogP contribution is -2.40. The van der Waals surface area contributed by atoms with E-state index in [1.807, 2.05) is 6.92 Å². The van der Waals surface area contributed by atoms with Crippen molar-refractivity contribution < 1.29 is 23.8 Å². The van der Waals surface area contributed by atoms with Gasteiger partial charge in [0.1, 0.15) is 10.9 Å². The molecular formula is C15H27BrO5. The number of alkyl halides is 1. The van der Waals surface area contributed by atoms with E-state index in [0.717, 1.165) is 12.8 Å². The van der Waals surface area contributed by atoms with Gasteiger partial charge >= 0.3 is 11.9 Å². The molecule has 0 aromatic rings. The van der Waals surface area contributed by atoms with Crippen LogP contribution in [0.1, 0.15) is 47.0 Å². The van der Waals surface area contributed by atoms with Crippen LogP contribution in [0.5, 0.6) is 0 Å². The Morgan fingerprint density at radius 3 is 2.10 bits per heavy atom. The lowest BCUT2D eigenvalue weighted by molar-refractivity contribution is -0.156. The first kappa shape index (κ1) is 20.4. The van der Waals surface area contributed by atoms with Gasteiger partial charge in [0.2, 0.25) is 0 Å². The third-order valence-corrected chi connectivity index (χ3v) is 3.61. The monoisotopic (exact) mass is 366 g/mol. The van der Waals surface area contributed by atoms with Gasteiger partial charge in [0.05, 0.1) is 18.6 Å². The van der Waals surface area contributed by atoms with E-state index in [9.17, 15) is 9.59 Å². The summed E-state index contributed by atoms with van der Waals surface area (Å²) < 4.78 is 14.2. The van der Waals surface area contributed by atoms with Crippen LogP contribution in [0.3, 0.4) is 0 Å². The highest BCUT2D eigenvalue weighted by Crippen LogP contribution is 2.35. The van der Waals surface area contributed by atoms with Crippen LogP contribution in [0.2, 0.25) is 0 Å². The maximum Gasteiger partial charge on any atom is 0.322 e. The van der Waals surface area contributed by atoms with Crippen molar-refractivity contribution >= 4 is 27.9 Å². The number of ether oxygens (including phenoxy) is 3. The summed E-state index contributed by atoms with van der Waals surface area (Å²) in [4.78, 5) is 24.1. The van der Waals surface area contributed by atoms with E-state index in [1.54, 1.807) is 20.8 Å². The van der Waals surface area contributed by atoms with Gasteiger partial charge < -0.3 is 14.2 Å². The van der Waals surface area contributed by atoms with Crippen molar-refractivity contribution in [3.8, 4) is 0 Å². The number of esters is 2. The molecule has 0 saturated heterocycles. The molecule has 0 saturated carbocycles. The van der Waals surface area contributed by atoms with E-state index >= 15 is 0 Å². The smallest absolute Gasteiger partial charge is 0.322 e. The minimum atomic E-state index is -0.936. The quantitative estimate of drug-likeness (QED) is 0.337. The van der Waals surface area contributed by atoms with Crippen LogP contribution in [0.4, 0.5) is 0 Å². The van der Waals surface area contributed by atoms with Crippen molar-refractivity contribution in [1.29, 1.82) is 0 Å². The summed E-state index contributed by atoms with van der Waals surface area (Å²) in [5.41, 5.74) is -0.772. The second-order valence-corrected chi connectivity index (χ2v) is 7.63. The Morgan fingerprint density at radius 1 is 1.00 bits per heavy atom. The molecule has 0 bridgehead atoms. The van der Waals surface area contributed by atoms with Gasteiger partial charge in [0, 0.05) is 7.11 Å². The molecule has 0 aliphatic carbocycles. The summed E-state index contributed by atoms with van der Waals surface area (Å²) in [5, 5.41) is 0. The van der Waals surface area contributed by atoms with Crippen LogP contribution in [0.25, 0.3) is 0 Å². The molecule has 0 amide bonds. The maximum atomic E-state index is 12.1. The Morgan fingerprint density at radius 2 is 1.57 bits per heavy atom. The predicted molar refractivity (Wildman–Crippen MR) is 84.4 cm³/mol. The molecule has 0 spiro atoms. The van der Waals surface area contributed by atoms with E-state index < -0.39 is 15.7 Å². The van der Waals surface area contributed by atoms with E-state index in [2.05, 4.69) is 15.9 Å². The van der Waals surface area contributed by atoms with Crippen LogP contribution in [-0.4, -0.2) is 43.2 Å². The average Bonchev–Trinajstić information content (AvgIpc) is 2.37. The number of halogens is 1. The van der Waals surface area contributed by atoms with Crippen LogP contribution in [0, 0.1) is 5.41 Å². The first-order valence-electron chi connectivity index (χ1n) is 7.19. The van der Waals surface area contributed by atoms with Gasteiger partial charge in [-0.1, -0.05) is 29.3 Å². The van der Waals surface area contributed by atoms with Crippen molar-refractivity contribution in [2.24, 2.45) is 5.41 Å². The fourth-order valence-corrected chi connectivity index (χ4v) is 2.66. The number of hydrogen-bond donors (Lipinski definition) is 0. The van der Waals surface area contributed by atoms with Gasteiger partial charge in [0.25, 0.3) is 0 Å². The molecule has 21 heavy (non-hydrogen) atoms. The number of methoxy groups -OCH3 is 1. The molecule has 1 atom stereocenters. The van der Waals surface area contributed by atoms with Crippen molar-refractivity contribution in [2.75, 3.05) is 26.9 Å². The van der Waals surface area contributed by atoms with Gasteiger partial charge in [-0.3, -0.25) is 9.59 Å². The maximum absolute atomic E-state index is 12.1. The molecule has 0 aromatic carbocycles. The standard InChI is InChI=1S/C15H27BrO5/c1-6-7-8-20-12(17)14(2,3)11-15(4,16)13(18)21-10-9-19-5/h6-11H2,1-5H3. The Balaban J connectivity index is 4.51. The Hall–Kier alpha value is -0.620. The molecule has 6 heteroatoms. The van der Waals surface area contributed by atoms with E-state index in [0.29, 0.717) is 13.2 Å². The third-order valence-electron chi connectivity index (χ3n) is 3.00. The Labute approximate surface area is 135 Å². The third kappa shape index (κ3) is 7.81. The number of rotatable bonds is 10. The normalized spacial score (nSPS) is 14.4. The predicted octanol–water partition coefficient (Wildman–Crippen LogP) is 3.09. The molecule has 0 radical (unpaired) electrons. The molecule has 0 aromatic heterocycles. The van der Waals surface area contributed by atoms with Crippen molar-refractivity contribution in [3.05, 3.63) is 0 Å². The second kappa shape index (κ2) is 9.41. The molecule has 0 N–H and O–H groups in total. The minimum Gasteiger partial charge on any atom is -0.465 e. The molecular weight excluding hydrogens is 340 g/mol. The van der Waals surface area contributed by atoms with E-state index in [-0.39, 0.29) is 19.0 Å². The summed E-state index contributed by atoms with van der Waals surface area (Å²) in [5.74, 6) is -0.708. The van der Waals surface area contributed by atoms with Gasteiger partial charge in [-0.05, 0) is 33.6 Å². The number of carbonyl (C=O) groups is 2. The highest BCUT2D eigenvalue weighted by atomic mass is 79.9. The van der Waals surface area contributed by atoms with Crippen LogP contribution >= 0.6 is 15.9 Å². The summed E-state index contributed by atoms with van der Waals surface area (Å²) >= 11 is 3.36. The van der Waals surface area contributed by atoms with E-state index in [4.69, 9.17) is 14.2 Å². The van der Waals surface area contributed by atoms with Gasteiger partial charge in [0.15, 0.2) is 0 Å². The molecule has 124 valence electrons. The molecule has 0 aliphatic heterocycles. The van der Waals surface area contributed by atoms with Crippen LogP contribution < -0.4 is 0 Å². The molecule has 1 unspecified atom stereocenters. The summed E-state index contributed by atoms with van der Waals surface area (Å²) in [6.07, 6.45) is 2.10. The summed E-state index contributed by atoms with van der Waals surface area (Å²) in [6.45, 7) is 8.21. The van der Waals surface area contributed by atoms with Crippen molar-refractivity contribution in [2.45, 2.75) is 51.3 Å². The lowest BCUT2D eigenvalue weighted by atomic mass is 9.83. The highest BCUT2D eigenvalue weighted by Gasteiger charge is 2.42. The molecule has 0 rings (SSSR count). The second-order valence-electron chi connectivity index (χ2n) is 5.88. The molecule has 0 aliphatic rings. The topological polar surface area (TPSA) is 61.8 Å². The zero-order valence-corrected chi connectivity index (χ0v) is 15.2. The van der Waals surface area contributed by atoms with Gasteiger partial charge in [-0.25, -0.2) is 0 Å². The van der Waals surface area contributed by atoms with E-state index in [1.165, 1.54) is 7.11 Å². The van der Waals surface area contributed by atoms with Crippen LogP contribution in [0.15, 0.2) is 0 Å². The molecule has 0 heterocycles. The average molecular weight is 367 g/mol. The summed E-state index contributed by atoms with van der Waals surface area (Å²) in [7, 11) is 1.54. The van der Waals surface area contributed by atoms with Crippen molar-refractivity contribution in [3.63, 3.8) is 0 Å². The fraction of sp³-hybridized carbons (Fsp3) is 0.867. The molecule has 0 fully saturated rings. The van der Waals surface area contributed by atoms with Gasteiger partial charge in [-0.15, -0.1) is 0 Å². The first-order chi connectivity index (χ1) is 9.67. The van der Waals surface area contributed by atoms with Crippen LogP contribution in [-0.2, 0) is 23.8 Å². The number of unbranched alkanes of at least 4 members (excludes halogenated alkanes) is 1.